The van der Waals surface area contributed by atoms with Gasteiger partial charge in [-0.1, -0.05) is 0 Å². The largest absolute Gasteiger partial charge is 0.507 e. The van der Waals surface area contributed by atoms with Gasteiger partial charge in [-0.3, -0.25) is 4.79 Å². The summed E-state index contributed by atoms with van der Waals surface area (Å²) >= 11 is 2.02. The Bertz CT molecular complexity index is 688. The average molecular weight is 384 g/mol. The number of hydrogen-bond donors (Lipinski definition) is 3. The molecule has 1 heterocycles. The van der Waals surface area contributed by atoms with Crippen molar-refractivity contribution in [1.82, 2.24) is 4.98 Å². The lowest BCUT2D eigenvalue weighted by atomic mass is 10.2. The van der Waals surface area contributed by atoms with Crippen LogP contribution in [0.1, 0.15) is 20.7 Å². The molecule has 0 saturated carbocycles. The molecule has 1 aromatic carbocycles. The van der Waals surface area contributed by atoms with Gasteiger partial charge in [-0.25, -0.2) is 9.78 Å². The minimum absolute atomic E-state index is 0.0159. The number of phenolic OH excluding ortho intramolecular Hbond substituents is 1. The second kappa shape index (κ2) is 5.87. The van der Waals surface area contributed by atoms with Crippen LogP contribution in [0.25, 0.3) is 0 Å². The summed E-state index contributed by atoms with van der Waals surface area (Å²) in [5, 5.41) is 21.0. The first-order chi connectivity index (χ1) is 9.47. The van der Waals surface area contributed by atoms with Gasteiger partial charge in [0.05, 0.1) is 11.1 Å². The summed E-state index contributed by atoms with van der Waals surface area (Å²) in [6, 6.07) is 7.16. The average Bonchev–Trinajstić information content (AvgIpc) is 2.41. The molecule has 3 N–H and O–H groups in total. The number of aromatic carboxylic acids is 1. The van der Waals surface area contributed by atoms with Crippen molar-refractivity contribution in [2.24, 2.45) is 0 Å². The lowest BCUT2D eigenvalue weighted by Crippen LogP contribution is -2.14. The fraction of sp³-hybridized carbons (Fsp3) is 0. The van der Waals surface area contributed by atoms with Gasteiger partial charge in [0, 0.05) is 9.77 Å². The maximum Gasteiger partial charge on any atom is 0.335 e. The number of amides is 1. The highest BCUT2D eigenvalue weighted by Crippen LogP contribution is 2.20. The Labute approximate surface area is 127 Å². The minimum atomic E-state index is -1.11. The molecule has 6 nitrogen and oxygen atoms in total. The highest BCUT2D eigenvalue weighted by Gasteiger charge is 2.13. The number of benzene rings is 1. The van der Waals surface area contributed by atoms with E-state index < -0.39 is 11.9 Å². The highest BCUT2D eigenvalue weighted by atomic mass is 127. The van der Waals surface area contributed by atoms with Crippen molar-refractivity contribution in [2.75, 3.05) is 5.32 Å². The monoisotopic (exact) mass is 384 g/mol. The van der Waals surface area contributed by atoms with Crippen LogP contribution in [0.5, 0.6) is 5.75 Å². The Balaban J connectivity index is 2.25. The van der Waals surface area contributed by atoms with E-state index >= 15 is 0 Å². The number of hydrogen-bond acceptors (Lipinski definition) is 4. The van der Waals surface area contributed by atoms with Gasteiger partial charge in [-0.05, 0) is 52.9 Å². The van der Waals surface area contributed by atoms with Gasteiger partial charge in [0.25, 0.3) is 5.91 Å². The highest BCUT2D eigenvalue weighted by molar-refractivity contribution is 14.1. The summed E-state index contributed by atoms with van der Waals surface area (Å²) in [7, 11) is 0. The Hall–Kier alpha value is -2.16. The van der Waals surface area contributed by atoms with E-state index in [0.29, 0.717) is 0 Å². The van der Waals surface area contributed by atoms with Crippen LogP contribution in [-0.4, -0.2) is 27.1 Å². The maximum absolute atomic E-state index is 12.0. The first kappa shape index (κ1) is 14.3. The number of carboxylic acid groups (broad SMARTS) is 1. The summed E-state index contributed by atoms with van der Waals surface area (Å²) < 4.78 is 0.790. The number of aromatic nitrogens is 1. The lowest BCUT2D eigenvalue weighted by molar-refractivity contribution is 0.0696. The van der Waals surface area contributed by atoms with Crippen LogP contribution < -0.4 is 5.32 Å². The molecule has 102 valence electrons. The van der Waals surface area contributed by atoms with Gasteiger partial charge < -0.3 is 15.5 Å². The zero-order valence-corrected chi connectivity index (χ0v) is 12.2. The molecule has 0 spiro atoms. The Kier molecular flexibility index (Phi) is 4.18. The molecule has 7 heteroatoms. The third kappa shape index (κ3) is 3.23. The Morgan fingerprint density at radius 2 is 1.95 bits per heavy atom. The third-order valence-electron chi connectivity index (χ3n) is 2.45. The number of phenols is 1. The van der Waals surface area contributed by atoms with Crippen molar-refractivity contribution in [1.29, 1.82) is 0 Å². The zero-order chi connectivity index (χ0) is 14.7. The number of carbonyl (C=O) groups excluding carboxylic acids is 1. The zero-order valence-electron chi connectivity index (χ0n) is 10.0. The maximum atomic E-state index is 12.0. The fourth-order valence-electron chi connectivity index (χ4n) is 1.51. The van der Waals surface area contributed by atoms with Crippen LogP contribution >= 0.6 is 22.6 Å². The Morgan fingerprint density at radius 3 is 2.65 bits per heavy atom. The van der Waals surface area contributed by atoms with Gasteiger partial charge in [0.15, 0.2) is 0 Å². The van der Waals surface area contributed by atoms with E-state index in [9.17, 15) is 14.7 Å². The van der Waals surface area contributed by atoms with Crippen LogP contribution in [0.3, 0.4) is 0 Å². The van der Waals surface area contributed by atoms with E-state index in [0.717, 1.165) is 3.57 Å². The van der Waals surface area contributed by atoms with Crippen LogP contribution in [0.4, 0.5) is 5.82 Å². The van der Waals surface area contributed by atoms with Crippen molar-refractivity contribution >= 4 is 40.3 Å². The molecule has 2 aromatic rings. The molecule has 2 rings (SSSR count). The van der Waals surface area contributed by atoms with Crippen molar-refractivity contribution in [3.05, 3.63) is 51.2 Å². The van der Waals surface area contributed by atoms with Crippen molar-refractivity contribution < 1.29 is 19.8 Å². The SMILES string of the molecule is O=C(O)c1ccnc(NC(=O)c2cc(I)ccc2O)c1. The number of carbonyl (C=O) groups is 2. The molecule has 0 unspecified atom stereocenters. The smallest absolute Gasteiger partial charge is 0.335 e. The molecule has 0 atom stereocenters. The molecular weight excluding hydrogens is 375 g/mol. The molecule has 0 saturated heterocycles. The molecule has 0 fully saturated rings. The van der Waals surface area contributed by atoms with E-state index in [2.05, 4.69) is 10.3 Å². The van der Waals surface area contributed by atoms with Crippen LogP contribution in [0.2, 0.25) is 0 Å². The Morgan fingerprint density at radius 1 is 1.20 bits per heavy atom. The number of pyridine rings is 1. The standard InChI is InChI=1S/C13H9IN2O4/c14-8-1-2-10(17)9(6-8)12(18)16-11-5-7(13(19)20)3-4-15-11/h1-6,17H,(H,19,20)(H,15,16,18). The summed E-state index contributed by atoms with van der Waals surface area (Å²) in [6.45, 7) is 0. The second-order valence-corrected chi connectivity index (χ2v) is 5.10. The number of nitrogens with zero attached hydrogens (tertiary/aromatic N) is 1. The first-order valence-electron chi connectivity index (χ1n) is 5.46. The summed E-state index contributed by atoms with van der Waals surface area (Å²) in [5.41, 5.74) is 0.113. The molecule has 0 aliphatic rings. The third-order valence-corrected chi connectivity index (χ3v) is 3.12. The second-order valence-electron chi connectivity index (χ2n) is 3.85. The van der Waals surface area contributed by atoms with Crippen molar-refractivity contribution in [2.45, 2.75) is 0 Å². The predicted octanol–water partition coefficient (Wildman–Crippen LogP) is 2.34. The first-order valence-corrected chi connectivity index (χ1v) is 6.54. The van der Waals surface area contributed by atoms with Crippen LogP contribution in [0.15, 0.2) is 36.5 Å². The molecular formula is C13H9IN2O4. The van der Waals surface area contributed by atoms with Gasteiger partial charge in [-0.15, -0.1) is 0 Å². The molecule has 1 aromatic heterocycles. The van der Waals surface area contributed by atoms with Crippen LogP contribution in [0, 0.1) is 3.57 Å². The molecule has 20 heavy (non-hydrogen) atoms. The van der Waals surface area contributed by atoms with Gasteiger partial charge in [0.2, 0.25) is 0 Å². The predicted molar refractivity (Wildman–Crippen MR) is 80.0 cm³/mol. The molecule has 0 radical (unpaired) electrons. The van der Waals surface area contributed by atoms with Crippen molar-refractivity contribution in [3.8, 4) is 5.75 Å². The summed E-state index contributed by atoms with van der Waals surface area (Å²) in [5.74, 6) is -1.72. The quantitative estimate of drug-likeness (QED) is 0.706. The molecule has 0 aliphatic carbocycles. The number of carboxylic acids is 1. The fourth-order valence-corrected chi connectivity index (χ4v) is 2.00. The number of anilines is 1. The van der Waals surface area contributed by atoms with E-state index in [1.54, 1.807) is 6.07 Å². The normalized spacial score (nSPS) is 10.1. The van der Waals surface area contributed by atoms with Gasteiger partial charge >= 0.3 is 5.97 Å². The van der Waals surface area contributed by atoms with E-state index in [1.807, 2.05) is 22.6 Å². The topological polar surface area (TPSA) is 99.5 Å². The van der Waals surface area contributed by atoms with Gasteiger partial charge in [-0.2, -0.15) is 0 Å². The van der Waals surface area contributed by atoms with Crippen LogP contribution in [-0.2, 0) is 0 Å². The van der Waals surface area contributed by atoms with E-state index in [-0.39, 0.29) is 22.7 Å². The van der Waals surface area contributed by atoms with E-state index in [1.165, 1.54) is 30.5 Å². The lowest BCUT2D eigenvalue weighted by Gasteiger charge is -2.07. The number of rotatable bonds is 3. The molecule has 0 aliphatic heterocycles. The number of nitrogens with one attached hydrogen (secondary N) is 1. The van der Waals surface area contributed by atoms with Crippen molar-refractivity contribution in [3.63, 3.8) is 0 Å². The number of aromatic hydroxyl groups is 1. The molecule has 0 bridgehead atoms. The minimum Gasteiger partial charge on any atom is -0.507 e. The summed E-state index contributed by atoms with van der Waals surface area (Å²) in [6.07, 6.45) is 1.29. The molecule has 1 amide bonds. The summed E-state index contributed by atoms with van der Waals surface area (Å²) in [4.78, 5) is 26.7. The van der Waals surface area contributed by atoms with Gasteiger partial charge in [0.1, 0.15) is 11.6 Å². The number of halogens is 1. The van der Waals surface area contributed by atoms with E-state index in [4.69, 9.17) is 5.11 Å².